The van der Waals surface area contributed by atoms with Crippen molar-refractivity contribution in [2.75, 3.05) is 37.7 Å². The molecule has 0 aliphatic carbocycles. The van der Waals surface area contributed by atoms with Gasteiger partial charge in [-0.3, -0.25) is 9.88 Å². The third-order valence-electron chi connectivity index (χ3n) is 9.69. The van der Waals surface area contributed by atoms with Crippen LogP contribution in [0.4, 0.5) is 14.6 Å². The number of nitrogens with one attached hydrogen (secondary N) is 1. The van der Waals surface area contributed by atoms with Gasteiger partial charge in [0.15, 0.2) is 5.82 Å². The lowest BCUT2D eigenvalue weighted by Crippen LogP contribution is -2.51. The maximum absolute atomic E-state index is 16.8. The predicted octanol–water partition coefficient (Wildman–Crippen LogP) is 4.73. The number of fused-ring (bicyclic) bond motifs is 5. The minimum Gasteiger partial charge on any atom is -0.508 e. The summed E-state index contributed by atoms with van der Waals surface area (Å²) in [5.74, 6) is 2.54. The van der Waals surface area contributed by atoms with Crippen LogP contribution in [0.15, 0.2) is 48.7 Å². The summed E-state index contributed by atoms with van der Waals surface area (Å²) in [5, 5.41) is 15.9. The number of nitrogens with zero attached hydrogens (tertiary/aromatic N) is 5. The van der Waals surface area contributed by atoms with Crippen molar-refractivity contribution >= 4 is 27.5 Å². The maximum Gasteiger partial charge on any atom is 0.319 e. The molecule has 8 nitrogen and oxygen atoms in total. The van der Waals surface area contributed by atoms with Crippen LogP contribution in [-0.2, 0) is 0 Å². The van der Waals surface area contributed by atoms with Crippen LogP contribution in [0.25, 0.3) is 32.9 Å². The Labute approximate surface area is 253 Å². The van der Waals surface area contributed by atoms with Crippen molar-refractivity contribution in [2.24, 2.45) is 0 Å². The number of benzene rings is 2. The van der Waals surface area contributed by atoms with Crippen LogP contribution in [0.2, 0.25) is 0 Å². The molecule has 4 atom stereocenters. The number of pyridine rings is 1. The zero-order valence-electron chi connectivity index (χ0n) is 24.2. The maximum atomic E-state index is 16.8. The zero-order chi connectivity index (χ0) is 30.2. The highest BCUT2D eigenvalue weighted by molar-refractivity contribution is 6.02. The van der Waals surface area contributed by atoms with Crippen LogP contribution >= 0.6 is 0 Å². The summed E-state index contributed by atoms with van der Waals surface area (Å²) in [5.41, 5.74) is 1.54. The second-order valence-corrected chi connectivity index (χ2v) is 12.7. The Kier molecular flexibility index (Phi) is 6.26. The average Bonchev–Trinajstić information content (AvgIpc) is 3.61. The number of hydrogen-bond donors (Lipinski definition) is 2. The lowest BCUT2D eigenvalue weighted by Gasteiger charge is -2.34. The van der Waals surface area contributed by atoms with Crippen LogP contribution in [0.5, 0.6) is 11.8 Å². The molecule has 2 unspecified atom stereocenters. The van der Waals surface area contributed by atoms with Gasteiger partial charge < -0.3 is 20.1 Å². The Bertz CT molecular complexity index is 1880. The Balaban J connectivity index is 1.26. The predicted molar refractivity (Wildman–Crippen MR) is 165 cm³/mol. The summed E-state index contributed by atoms with van der Waals surface area (Å²) in [7, 11) is 0. The molecule has 4 aliphatic heterocycles. The number of terminal acetylenes is 1. The summed E-state index contributed by atoms with van der Waals surface area (Å²) in [6.45, 7) is 6.73. The second kappa shape index (κ2) is 10.1. The van der Waals surface area contributed by atoms with E-state index in [1.54, 1.807) is 24.4 Å². The molecule has 4 saturated heterocycles. The first-order chi connectivity index (χ1) is 21.3. The van der Waals surface area contributed by atoms with Gasteiger partial charge in [-0.1, -0.05) is 30.2 Å². The fraction of sp³-hybridized carbons (Fsp3) is 0.382. The van der Waals surface area contributed by atoms with E-state index < -0.39 is 17.5 Å². The quantitative estimate of drug-likeness (QED) is 0.253. The highest BCUT2D eigenvalue weighted by atomic mass is 19.1. The SMILES string of the molecule is C#Cc1cccc2cc(O)cc(-c3ncc4c(N5CC6CCC(C5)N6)nc(OC[C@]56CC(=C)CN5C[C@H](F)C6)nc4c3F)c12. The van der Waals surface area contributed by atoms with E-state index in [4.69, 9.17) is 16.1 Å². The van der Waals surface area contributed by atoms with E-state index in [9.17, 15) is 9.50 Å². The number of halogens is 2. The number of rotatable bonds is 5. The van der Waals surface area contributed by atoms with E-state index in [-0.39, 0.29) is 29.6 Å². The molecule has 2 aromatic heterocycles. The lowest BCUT2D eigenvalue weighted by molar-refractivity contribution is 0.107. The number of hydrogen-bond acceptors (Lipinski definition) is 8. The number of anilines is 1. The molecule has 0 radical (unpaired) electrons. The largest absolute Gasteiger partial charge is 0.508 e. The lowest BCUT2D eigenvalue weighted by atomic mass is 9.93. The first-order valence-electron chi connectivity index (χ1n) is 15.1. The number of aromatic hydroxyl groups is 1. The van der Waals surface area contributed by atoms with E-state index in [1.165, 1.54) is 6.07 Å². The van der Waals surface area contributed by atoms with E-state index >= 15 is 4.39 Å². The number of ether oxygens (including phenoxy) is 1. The molecule has 8 rings (SSSR count). The molecule has 2 aromatic carbocycles. The van der Waals surface area contributed by atoms with Crippen LogP contribution in [0.3, 0.4) is 0 Å². The van der Waals surface area contributed by atoms with E-state index in [0.717, 1.165) is 31.5 Å². The minimum absolute atomic E-state index is 0.0185. The first kappa shape index (κ1) is 27.2. The van der Waals surface area contributed by atoms with Crippen molar-refractivity contribution in [3.63, 3.8) is 0 Å². The summed E-state index contributed by atoms with van der Waals surface area (Å²) < 4.78 is 37.5. The Morgan fingerprint density at radius 1 is 1.18 bits per heavy atom. The zero-order valence-corrected chi connectivity index (χ0v) is 24.2. The molecular formula is C34H32F2N6O2. The number of phenols is 1. The third kappa shape index (κ3) is 4.37. The number of phenolic OH excluding ortho intramolecular Hbond substituents is 1. The second-order valence-electron chi connectivity index (χ2n) is 12.7. The topological polar surface area (TPSA) is 86.6 Å². The van der Waals surface area contributed by atoms with Crippen molar-refractivity contribution in [2.45, 2.75) is 49.5 Å². The van der Waals surface area contributed by atoms with Gasteiger partial charge in [-0.2, -0.15) is 9.97 Å². The summed E-state index contributed by atoms with van der Waals surface area (Å²) in [6, 6.07) is 9.12. The van der Waals surface area contributed by atoms with Crippen LogP contribution < -0.4 is 15.0 Å². The van der Waals surface area contributed by atoms with E-state index in [0.29, 0.717) is 71.1 Å². The fourth-order valence-electron chi connectivity index (χ4n) is 7.85. The van der Waals surface area contributed by atoms with E-state index in [2.05, 4.69) is 37.6 Å². The van der Waals surface area contributed by atoms with Crippen molar-refractivity contribution in [1.82, 2.24) is 25.2 Å². The smallest absolute Gasteiger partial charge is 0.319 e. The Morgan fingerprint density at radius 2 is 2.00 bits per heavy atom. The highest BCUT2D eigenvalue weighted by Gasteiger charge is 2.50. The van der Waals surface area contributed by atoms with Crippen LogP contribution in [-0.4, -0.2) is 81.5 Å². The molecule has 0 spiro atoms. The van der Waals surface area contributed by atoms with Crippen molar-refractivity contribution in [1.29, 1.82) is 0 Å². The van der Waals surface area contributed by atoms with Gasteiger partial charge >= 0.3 is 6.01 Å². The molecule has 2 bridgehead atoms. The van der Waals surface area contributed by atoms with Gasteiger partial charge in [0.25, 0.3) is 0 Å². The third-order valence-corrected chi connectivity index (χ3v) is 9.69. The number of alkyl halides is 1. The Hall–Kier alpha value is -4.33. The summed E-state index contributed by atoms with van der Waals surface area (Å²) in [6.07, 6.45) is 9.59. The summed E-state index contributed by atoms with van der Waals surface area (Å²) in [4.78, 5) is 18.2. The first-order valence-corrected chi connectivity index (χ1v) is 15.1. The molecule has 4 fully saturated rings. The Morgan fingerprint density at radius 3 is 2.80 bits per heavy atom. The molecular weight excluding hydrogens is 562 g/mol. The average molecular weight is 595 g/mol. The van der Waals surface area contributed by atoms with Crippen molar-refractivity contribution < 1.29 is 18.6 Å². The molecule has 224 valence electrons. The van der Waals surface area contributed by atoms with E-state index in [1.807, 2.05) is 6.07 Å². The molecule has 44 heavy (non-hydrogen) atoms. The van der Waals surface area contributed by atoms with Gasteiger partial charge in [-0.05, 0) is 42.8 Å². The van der Waals surface area contributed by atoms with Gasteiger partial charge in [0, 0.05) is 67.4 Å². The van der Waals surface area contributed by atoms with Gasteiger partial charge in [0.05, 0.1) is 10.9 Å². The standard InChI is InChI=1S/C34H32F2N6O2/c1-3-20-5-4-6-21-9-25(43)10-26(28(20)21)30-29(36)31-27(13-37-30)32(41-16-23-7-8-24(17-41)38-23)40-33(39-31)44-18-34-11-19(2)14-42(34)15-22(35)12-34/h1,4-6,9-10,13,22-24,38,43H,2,7-8,11-12,14-18H2/t22-,23?,24?,34-/m1/s1. The van der Waals surface area contributed by atoms with Crippen molar-refractivity contribution in [3.8, 4) is 35.4 Å². The number of aromatic nitrogens is 3. The molecule has 4 aromatic rings. The summed E-state index contributed by atoms with van der Waals surface area (Å²) >= 11 is 0. The van der Waals surface area contributed by atoms with Crippen molar-refractivity contribution in [3.05, 3.63) is 60.1 Å². The normalized spacial score (nSPS) is 26.4. The molecule has 6 heterocycles. The monoisotopic (exact) mass is 594 g/mol. The van der Waals surface area contributed by atoms with Gasteiger partial charge in [0.1, 0.15) is 35.6 Å². The van der Waals surface area contributed by atoms with Gasteiger partial charge in [0.2, 0.25) is 0 Å². The molecule has 4 aliphatic rings. The molecule has 0 saturated carbocycles. The van der Waals surface area contributed by atoms with Crippen LogP contribution in [0, 0.1) is 18.2 Å². The van der Waals surface area contributed by atoms with Gasteiger partial charge in [-0.15, -0.1) is 6.42 Å². The highest BCUT2D eigenvalue weighted by Crippen LogP contribution is 2.43. The fourth-order valence-corrected chi connectivity index (χ4v) is 7.85. The van der Waals surface area contributed by atoms with Gasteiger partial charge in [-0.25, -0.2) is 8.78 Å². The molecule has 0 amide bonds. The molecule has 2 N–H and O–H groups in total. The molecule has 10 heteroatoms. The number of piperazine rings is 1. The minimum atomic E-state index is -0.938. The van der Waals surface area contributed by atoms with Crippen LogP contribution in [0.1, 0.15) is 31.2 Å².